The molecule has 0 spiro atoms. The number of carbonyl (C=O) groups is 1. The first kappa shape index (κ1) is 32.2. The molecule has 1 amide bonds. The van der Waals surface area contributed by atoms with E-state index in [0.717, 1.165) is 54.2 Å². The summed E-state index contributed by atoms with van der Waals surface area (Å²) in [6, 6.07) is 16.3. The van der Waals surface area contributed by atoms with Gasteiger partial charge in [-0.3, -0.25) is 4.79 Å². The largest absolute Gasteiger partial charge is 0.416 e. The molecule has 0 aromatic heterocycles. The maximum atomic E-state index is 13.4. The van der Waals surface area contributed by atoms with Crippen molar-refractivity contribution in [2.24, 2.45) is 0 Å². The molecular formula is C32H35F3N4O3S. The monoisotopic (exact) mass is 612 g/mol. The highest BCUT2D eigenvalue weighted by Crippen LogP contribution is 2.33. The van der Waals surface area contributed by atoms with Gasteiger partial charge >= 0.3 is 6.18 Å². The summed E-state index contributed by atoms with van der Waals surface area (Å²) < 4.78 is 68.7. The summed E-state index contributed by atoms with van der Waals surface area (Å²) >= 11 is 0. The van der Waals surface area contributed by atoms with Gasteiger partial charge in [0, 0.05) is 18.5 Å². The van der Waals surface area contributed by atoms with Crippen molar-refractivity contribution in [3.8, 4) is 6.07 Å². The minimum absolute atomic E-state index is 0.0273. The van der Waals surface area contributed by atoms with Gasteiger partial charge in [0.1, 0.15) is 0 Å². The fraction of sp³-hybridized carbons (Fsp3) is 0.375. The van der Waals surface area contributed by atoms with Crippen LogP contribution in [0.4, 0.5) is 13.2 Å². The van der Waals surface area contributed by atoms with Gasteiger partial charge < -0.3 is 10.6 Å². The van der Waals surface area contributed by atoms with Crippen LogP contribution in [0.1, 0.15) is 85.5 Å². The van der Waals surface area contributed by atoms with E-state index in [1.165, 1.54) is 24.3 Å². The normalized spacial score (nSPS) is 16.2. The van der Waals surface area contributed by atoms with Gasteiger partial charge in [-0.2, -0.15) is 18.4 Å². The van der Waals surface area contributed by atoms with E-state index in [0.29, 0.717) is 23.7 Å². The van der Waals surface area contributed by atoms with Crippen LogP contribution in [-0.4, -0.2) is 19.9 Å². The predicted octanol–water partition coefficient (Wildman–Crippen LogP) is 6.07. The number of nitrogens with zero attached hydrogens (tertiary/aromatic N) is 1. The first-order chi connectivity index (χ1) is 20.1. The molecule has 0 heterocycles. The lowest BCUT2D eigenvalue weighted by molar-refractivity contribution is -0.137. The molecule has 0 radical (unpaired) electrons. The Bertz CT molecular complexity index is 1610. The molecule has 1 aliphatic rings. The van der Waals surface area contributed by atoms with Crippen LogP contribution in [0.25, 0.3) is 0 Å². The Morgan fingerprint density at radius 2 is 1.77 bits per heavy atom. The quantitative estimate of drug-likeness (QED) is 0.272. The van der Waals surface area contributed by atoms with Gasteiger partial charge in [-0.25, -0.2) is 13.1 Å². The Morgan fingerprint density at radius 3 is 2.42 bits per heavy atom. The summed E-state index contributed by atoms with van der Waals surface area (Å²) in [5.74, 6) is -0.419. The molecule has 0 fully saturated rings. The lowest BCUT2D eigenvalue weighted by Gasteiger charge is -2.28. The number of rotatable bonds is 9. The van der Waals surface area contributed by atoms with Gasteiger partial charge in [0.05, 0.1) is 34.2 Å². The number of sulfonamides is 1. The molecule has 4 rings (SSSR count). The number of nitrogens with one attached hydrogen (secondary N) is 3. The number of halogens is 3. The molecule has 3 N–H and O–H groups in total. The van der Waals surface area contributed by atoms with Gasteiger partial charge in [-0.05, 0) is 92.6 Å². The van der Waals surface area contributed by atoms with E-state index in [1.54, 1.807) is 0 Å². The number of benzene rings is 3. The number of carbonyl (C=O) groups excluding carboxylic acids is 1. The van der Waals surface area contributed by atoms with Crippen molar-refractivity contribution >= 4 is 15.9 Å². The Kier molecular flexibility index (Phi) is 9.64. The van der Waals surface area contributed by atoms with Crippen LogP contribution in [-0.2, 0) is 34.0 Å². The molecule has 3 aromatic carbocycles. The van der Waals surface area contributed by atoms with Gasteiger partial charge in [-0.15, -0.1) is 0 Å². The highest BCUT2D eigenvalue weighted by molar-refractivity contribution is 7.89. The van der Waals surface area contributed by atoms with Crippen LogP contribution in [0.2, 0.25) is 0 Å². The second-order valence-electron chi connectivity index (χ2n) is 11.8. The van der Waals surface area contributed by atoms with Crippen molar-refractivity contribution in [3.63, 3.8) is 0 Å². The summed E-state index contributed by atoms with van der Waals surface area (Å²) in [7, 11) is -4.46. The van der Waals surface area contributed by atoms with E-state index >= 15 is 0 Å². The van der Waals surface area contributed by atoms with Crippen molar-refractivity contribution in [3.05, 3.63) is 100 Å². The average molecular weight is 613 g/mol. The lowest BCUT2D eigenvalue weighted by atomic mass is 9.86. The van der Waals surface area contributed by atoms with Gasteiger partial charge in [-0.1, -0.05) is 36.4 Å². The highest BCUT2D eigenvalue weighted by atomic mass is 32.2. The second-order valence-corrected chi connectivity index (χ2v) is 13.5. The summed E-state index contributed by atoms with van der Waals surface area (Å²) in [6.07, 6.45) is -2.55. The zero-order chi connectivity index (χ0) is 31.4. The van der Waals surface area contributed by atoms with Crippen LogP contribution < -0.4 is 15.4 Å². The van der Waals surface area contributed by atoms with Crippen LogP contribution >= 0.6 is 0 Å². The van der Waals surface area contributed by atoms with Crippen LogP contribution in [0.5, 0.6) is 0 Å². The number of nitriles is 1. The van der Waals surface area contributed by atoms with Crippen LogP contribution in [0, 0.1) is 11.3 Å². The minimum Gasteiger partial charge on any atom is -0.349 e. The number of hydrogen-bond acceptors (Lipinski definition) is 5. The van der Waals surface area contributed by atoms with Gasteiger partial charge in [0.25, 0.3) is 0 Å². The zero-order valence-corrected chi connectivity index (χ0v) is 25.1. The third-order valence-electron chi connectivity index (χ3n) is 7.28. The first-order valence-corrected chi connectivity index (χ1v) is 15.5. The smallest absolute Gasteiger partial charge is 0.349 e. The Labute approximate surface area is 250 Å². The van der Waals surface area contributed by atoms with Crippen molar-refractivity contribution in [2.75, 3.05) is 0 Å². The maximum Gasteiger partial charge on any atom is 0.416 e. The van der Waals surface area contributed by atoms with E-state index in [4.69, 9.17) is 5.26 Å². The number of amides is 1. The van der Waals surface area contributed by atoms with Crippen LogP contribution in [0.15, 0.2) is 71.6 Å². The summed E-state index contributed by atoms with van der Waals surface area (Å²) in [5.41, 5.74) is 2.91. The minimum atomic E-state index is -4.72. The molecule has 2 atom stereocenters. The van der Waals surface area contributed by atoms with Gasteiger partial charge in [0.2, 0.25) is 15.9 Å². The van der Waals surface area contributed by atoms with Crippen molar-refractivity contribution in [1.82, 2.24) is 15.4 Å². The lowest BCUT2D eigenvalue weighted by Crippen LogP contribution is -2.36. The Morgan fingerprint density at radius 1 is 1.05 bits per heavy atom. The molecule has 0 saturated carbocycles. The summed E-state index contributed by atoms with van der Waals surface area (Å²) in [5, 5.41) is 15.7. The second kappa shape index (κ2) is 12.9. The molecule has 3 aromatic rings. The van der Waals surface area contributed by atoms with Gasteiger partial charge in [0.15, 0.2) is 0 Å². The topological polar surface area (TPSA) is 111 Å². The fourth-order valence-electron chi connectivity index (χ4n) is 5.05. The maximum absolute atomic E-state index is 13.4. The van der Waals surface area contributed by atoms with E-state index < -0.39 is 38.6 Å². The molecule has 0 aliphatic heterocycles. The number of hydrogen-bond donors (Lipinski definition) is 3. The van der Waals surface area contributed by atoms with Crippen LogP contribution in [0.3, 0.4) is 0 Å². The third kappa shape index (κ3) is 8.66. The zero-order valence-electron chi connectivity index (χ0n) is 24.3. The van der Waals surface area contributed by atoms with E-state index in [-0.39, 0.29) is 18.0 Å². The molecule has 0 bridgehead atoms. The molecule has 43 heavy (non-hydrogen) atoms. The standard InChI is InChI=1S/C32H35F3N4O3S/c1-31(2,3)37-20-22-12-15-27-24(16-22)6-4-9-28(27)38-30(40)18-29(23-13-10-21(19-36)11-14-23)39-43(41,42)26-8-5-7-25(17-26)32(33,34)35/h5,7-8,10-17,28-29,37,39H,4,6,9,18,20H2,1-3H3,(H,38,40)/t28-,29-/m1/s1. The van der Waals surface area contributed by atoms with E-state index in [1.807, 2.05) is 18.2 Å². The molecule has 1 aliphatic carbocycles. The summed E-state index contributed by atoms with van der Waals surface area (Å²) in [4.78, 5) is 12.8. The van der Waals surface area contributed by atoms with E-state index in [2.05, 4.69) is 42.2 Å². The Balaban J connectivity index is 1.55. The molecule has 228 valence electrons. The van der Waals surface area contributed by atoms with Crippen molar-refractivity contribution in [1.29, 1.82) is 5.26 Å². The number of fused-ring (bicyclic) bond motifs is 1. The number of alkyl halides is 3. The van der Waals surface area contributed by atoms with E-state index in [9.17, 15) is 26.4 Å². The fourth-order valence-corrected chi connectivity index (χ4v) is 6.32. The number of aryl methyl sites for hydroxylation is 1. The molecule has 11 heteroatoms. The molecule has 0 saturated heterocycles. The van der Waals surface area contributed by atoms with Crippen molar-refractivity contribution in [2.45, 2.75) is 81.7 Å². The van der Waals surface area contributed by atoms with Crippen molar-refractivity contribution < 1.29 is 26.4 Å². The highest BCUT2D eigenvalue weighted by Gasteiger charge is 2.33. The SMILES string of the molecule is CC(C)(C)NCc1ccc2c(c1)CCC[C@H]2NC(=O)C[C@@H](NS(=O)(=O)c1cccc(C(F)(F)F)c1)c1ccc(C#N)cc1. The third-order valence-corrected chi connectivity index (χ3v) is 8.75. The first-order valence-electron chi connectivity index (χ1n) is 14.0. The molecule has 7 nitrogen and oxygen atoms in total. The summed E-state index contributed by atoms with van der Waals surface area (Å²) in [6.45, 7) is 7.01. The Hall–Kier alpha value is -3.72. The average Bonchev–Trinajstić information content (AvgIpc) is 2.95. The molecular weight excluding hydrogens is 577 g/mol. The molecule has 0 unspecified atom stereocenters. The predicted molar refractivity (Wildman–Crippen MR) is 157 cm³/mol.